The van der Waals surface area contributed by atoms with Crippen LogP contribution in [-0.2, 0) is 10.0 Å². The molecule has 1 aromatic heterocycles. The number of para-hydroxylation sites is 1. The van der Waals surface area contributed by atoms with Gasteiger partial charge in [0.1, 0.15) is 0 Å². The third-order valence-corrected chi connectivity index (χ3v) is 7.69. The summed E-state index contributed by atoms with van der Waals surface area (Å²) < 4.78 is 27.8. The summed E-state index contributed by atoms with van der Waals surface area (Å²) >= 11 is 0. The molecule has 1 atom stereocenters. The van der Waals surface area contributed by atoms with Gasteiger partial charge >= 0.3 is 0 Å². The predicted molar refractivity (Wildman–Crippen MR) is 116 cm³/mol. The standard InChI is InChI=1S/C24H25NO3S/c1-17-13-14-24(2,3)21(15-17)23(26)20-16-25(22-12-8-7-11-19(20)22)29(27,28)18-9-5-4-6-10-18/h4-13,16,21H,14-15H2,1-3H3/t21-/m0/s1. The minimum Gasteiger partial charge on any atom is -0.294 e. The predicted octanol–water partition coefficient (Wildman–Crippen LogP) is 5.44. The topological polar surface area (TPSA) is 56.1 Å². The maximum atomic E-state index is 13.6. The van der Waals surface area contributed by atoms with Crippen molar-refractivity contribution in [3.63, 3.8) is 0 Å². The molecule has 29 heavy (non-hydrogen) atoms. The molecule has 1 heterocycles. The van der Waals surface area contributed by atoms with Crippen LogP contribution in [-0.4, -0.2) is 18.2 Å². The molecule has 3 aromatic rings. The number of rotatable bonds is 4. The lowest BCUT2D eigenvalue weighted by Gasteiger charge is -2.36. The van der Waals surface area contributed by atoms with Gasteiger partial charge in [0.25, 0.3) is 10.0 Å². The summed E-state index contributed by atoms with van der Waals surface area (Å²) in [6.07, 6.45) is 5.26. The van der Waals surface area contributed by atoms with Crippen LogP contribution in [0, 0.1) is 11.3 Å². The summed E-state index contributed by atoms with van der Waals surface area (Å²) in [6.45, 7) is 6.27. The number of aromatic nitrogens is 1. The molecule has 5 heteroatoms. The number of benzene rings is 2. The van der Waals surface area contributed by atoms with Crippen LogP contribution in [0.4, 0.5) is 0 Å². The number of ketones is 1. The van der Waals surface area contributed by atoms with Crippen LogP contribution in [0.2, 0.25) is 0 Å². The quantitative estimate of drug-likeness (QED) is 0.427. The van der Waals surface area contributed by atoms with E-state index < -0.39 is 10.0 Å². The lowest BCUT2D eigenvalue weighted by molar-refractivity contribution is 0.0786. The minimum absolute atomic E-state index is 0.0145. The number of carbonyl (C=O) groups is 1. The van der Waals surface area contributed by atoms with Gasteiger partial charge in [-0.2, -0.15) is 0 Å². The second-order valence-electron chi connectivity index (χ2n) is 8.54. The van der Waals surface area contributed by atoms with Crippen molar-refractivity contribution in [1.82, 2.24) is 3.97 Å². The Labute approximate surface area is 171 Å². The van der Waals surface area contributed by atoms with E-state index in [1.54, 1.807) is 42.5 Å². The molecule has 0 spiro atoms. The molecule has 0 amide bonds. The second kappa shape index (κ2) is 6.99. The van der Waals surface area contributed by atoms with Gasteiger partial charge in [0.05, 0.1) is 10.4 Å². The Hall–Kier alpha value is -2.66. The Morgan fingerprint density at radius 2 is 1.69 bits per heavy atom. The highest BCUT2D eigenvalue weighted by atomic mass is 32.2. The number of nitrogens with zero attached hydrogens (tertiary/aromatic N) is 1. The Balaban J connectivity index is 1.88. The number of carbonyl (C=O) groups excluding carboxylic acids is 1. The first-order valence-electron chi connectivity index (χ1n) is 9.82. The van der Waals surface area contributed by atoms with Crippen LogP contribution in [0.1, 0.15) is 44.0 Å². The van der Waals surface area contributed by atoms with Gasteiger partial charge in [-0.15, -0.1) is 0 Å². The second-order valence-corrected chi connectivity index (χ2v) is 10.4. The number of hydrogen-bond acceptors (Lipinski definition) is 3. The van der Waals surface area contributed by atoms with Crippen molar-refractivity contribution < 1.29 is 13.2 Å². The van der Waals surface area contributed by atoms with Gasteiger partial charge in [-0.1, -0.05) is 61.9 Å². The molecule has 4 rings (SSSR count). The number of Topliss-reactive ketones (excluding diaryl/α,β-unsaturated/α-hetero) is 1. The lowest BCUT2D eigenvalue weighted by Crippen LogP contribution is -2.33. The SMILES string of the molecule is CC1=CCC(C)(C)[C@H](C(=O)c2cn(S(=O)(=O)c3ccccc3)c3ccccc23)C1. The molecule has 150 valence electrons. The Morgan fingerprint density at radius 1 is 1.03 bits per heavy atom. The highest BCUT2D eigenvalue weighted by Crippen LogP contribution is 2.42. The highest BCUT2D eigenvalue weighted by molar-refractivity contribution is 7.90. The molecular formula is C24H25NO3S. The fraction of sp³-hybridized carbons (Fsp3) is 0.292. The first-order chi connectivity index (χ1) is 13.7. The largest absolute Gasteiger partial charge is 0.294 e. The average Bonchev–Trinajstić information content (AvgIpc) is 3.10. The molecular weight excluding hydrogens is 382 g/mol. The third-order valence-electron chi connectivity index (χ3n) is 6.01. The zero-order valence-corrected chi connectivity index (χ0v) is 17.7. The molecule has 0 bridgehead atoms. The molecule has 2 aromatic carbocycles. The number of hydrogen-bond donors (Lipinski definition) is 0. The molecule has 0 saturated heterocycles. The van der Waals surface area contributed by atoms with Gasteiger partial charge in [-0.05, 0) is 43.4 Å². The molecule has 0 fully saturated rings. The summed E-state index contributed by atoms with van der Waals surface area (Å²) in [5.74, 6) is -0.160. The molecule has 1 aliphatic carbocycles. The number of fused-ring (bicyclic) bond motifs is 1. The summed E-state index contributed by atoms with van der Waals surface area (Å²) in [7, 11) is -3.80. The Bertz CT molecular complexity index is 1220. The van der Waals surface area contributed by atoms with E-state index in [0.717, 1.165) is 6.42 Å². The average molecular weight is 408 g/mol. The molecule has 0 saturated carbocycles. The van der Waals surface area contributed by atoms with Crippen molar-refractivity contribution in [2.24, 2.45) is 11.3 Å². The van der Waals surface area contributed by atoms with Gasteiger partial charge in [0, 0.05) is 23.1 Å². The van der Waals surface area contributed by atoms with Crippen molar-refractivity contribution in [2.75, 3.05) is 0 Å². The van der Waals surface area contributed by atoms with E-state index in [1.165, 1.54) is 15.7 Å². The van der Waals surface area contributed by atoms with Crippen molar-refractivity contribution >= 4 is 26.7 Å². The van der Waals surface area contributed by atoms with Crippen LogP contribution in [0.25, 0.3) is 10.9 Å². The van der Waals surface area contributed by atoms with E-state index in [2.05, 4.69) is 26.8 Å². The van der Waals surface area contributed by atoms with Gasteiger partial charge in [-0.3, -0.25) is 4.79 Å². The van der Waals surface area contributed by atoms with Crippen molar-refractivity contribution in [1.29, 1.82) is 0 Å². The van der Waals surface area contributed by atoms with E-state index in [4.69, 9.17) is 0 Å². The zero-order chi connectivity index (χ0) is 20.8. The van der Waals surface area contributed by atoms with Gasteiger partial charge in [0.15, 0.2) is 5.78 Å². The highest BCUT2D eigenvalue weighted by Gasteiger charge is 2.38. The van der Waals surface area contributed by atoms with Crippen molar-refractivity contribution in [3.05, 3.63) is 78.0 Å². The minimum atomic E-state index is -3.80. The van der Waals surface area contributed by atoms with Crippen molar-refractivity contribution in [2.45, 2.75) is 38.5 Å². The summed E-state index contributed by atoms with van der Waals surface area (Å²) in [4.78, 5) is 13.8. The normalized spacial score (nSPS) is 19.1. The van der Waals surface area contributed by atoms with Crippen LogP contribution >= 0.6 is 0 Å². The van der Waals surface area contributed by atoms with Crippen LogP contribution in [0.3, 0.4) is 0 Å². The molecule has 0 N–H and O–H groups in total. The van der Waals surface area contributed by atoms with Gasteiger partial charge < -0.3 is 0 Å². The molecule has 0 unspecified atom stereocenters. The maximum Gasteiger partial charge on any atom is 0.268 e. The number of allylic oxidation sites excluding steroid dienone is 2. The van der Waals surface area contributed by atoms with Gasteiger partial charge in [0.2, 0.25) is 0 Å². The van der Waals surface area contributed by atoms with Gasteiger partial charge in [-0.25, -0.2) is 12.4 Å². The smallest absolute Gasteiger partial charge is 0.268 e. The monoisotopic (exact) mass is 407 g/mol. The molecule has 0 radical (unpaired) electrons. The fourth-order valence-electron chi connectivity index (χ4n) is 4.15. The van der Waals surface area contributed by atoms with Crippen LogP contribution in [0.15, 0.2) is 77.3 Å². The Morgan fingerprint density at radius 3 is 2.41 bits per heavy atom. The zero-order valence-electron chi connectivity index (χ0n) is 16.9. The molecule has 4 nitrogen and oxygen atoms in total. The first-order valence-corrected chi connectivity index (χ1v) is 11.3. The van der Waals surface area contributed by atoms with E-state index in [-0.39, 0.29) is 22.0 Å². The van der Waals surface area contributed by atoms with Crippen LogP contribution < -0.4 is 0 Å². The summed E-state index contributed by atoms with van der Waals surface area (Å²) in [6, 6.07) is 15.5. The summed E-state index contributed by atoms with van der Waals surface area (Å²) in [5.41, 5.74) is 2.05. The molecule has 0 aliphatic heterocycles. The van der Waals surface area contributed by atoms with E-state index in [0.29, 0.717) is 22.9 Å². The molecule has 1 aliphatic rings. The third kappa shape index (κ3) is 3.33. The fourth-order valence-corrected chi connectivity index (χ4v) is 5.54. The summed E-state index contributed by atoms with van der Waals surface area (Å²) in [5, 5.41) is 0.681. The van der Waals surface area contributed by atoms with E-state index in [1.807, 2.05) is 12.1 Å². The lowest BCUT2D eigenvalue weighted by atomic mass is 9.67. The van der Waals surface area contributed by atoms with E-state index in [9.17, 15) is 13.2 Å². The first kappa shape index (κ1) is 19.6. The van der Waals surface area contributed by atoms with E-state index >= 15 is 0 Å². The van der Waals surface area contributed by atoms with Crippen molar-refractivity contribution in [3.8, 4) is 0 Å². The maximum absolute atomic E-state index is 13.6. The Kier molecular flexibility index (Phi) is 4.74. The van der Waals surface area contributed by atoms with Crippen LogP contribution in [0.5, 0.6) is 0 Å².